The largest absolute Gasteiger partial charge is 0.494 e. The number of carbonyl (C=O) groups is 2. The van der Waals surface area contributed by atoms with Crippen LogP contribution in [-0.4, -0.2) is 45.0 Å². The van der Waals surface area contributed by atoms with Crippen molar-refractivity contribution >= 4 is 23.5 Å². The van der Waals surface area contributed by atoms with Crippen LogP contribution in [0.4, 0.5) is 0 Å². The Morgan fingerprint density at radius 3 is 1.89 bits per heavy atom. The molecule has 4 aromatic carbocycles. The van der Waals surface area contributed by atoms with E-state index in [2.05, 4.69) is 6.92 Å². The van der Waals surface area contributed by atoms with Gasteiger partial charge in [0.1, 0.15) is 17.2 Å². The standard InChI is InChI=1S/C39H39ClO7/c1-26-7-8-28(22-36(26)40)38(42)47-33-14-16-35-30(21-33)19-29-20-32(13-15-34(29)35)46-37(41)27-9-11-31(12-10-27)45-18-6-4-3-5-17-43-23-39(2)24-44-25-39/h7-16,20-22H,3-6,17-19,23-25H2,1-2H3. The molecule has 7 nitrogen and oxygen atoms in total. The number of esters is 2. The van der Waals surface area contributed by atoms with Crippen LogP contribution in [0.5, 0.6) is 17.2 Å². The van der Waals surface area contributed by atoms with Crippen molar-refractivity contribution in [3.63, 3.8) is 0 Å². The molecule has 0 saturated carbocycles. The lowest BCUT2D eigenvalue weighted by atomic mass is 9.90. The molecule has 6 rings (SSSR count). The normalized spacial score (nSPS) is 14.1. The van der Waals surface area contributed by atoms with Crippen molar-refractivity contribution in [1.82, 2.24) is 0 Å². The van der Waals surface area contributed by atoms with Crippen molar-refractivity contribution < 1.29 is 33.3 Å². The van der Waals surface area contributed by atoms with Gasteiger partial charge in [0, 0.05) is 17.0 Å². The Hall–Kier alpha value is -4.17. The monoisotopic (exact) mass is 654 g/mol. The van der Waals surface area contributed by atoms with E-state index in [1.165, 1.54) is 0 Å². The lowest BCUT2D eigenvalue weighted by Crippen LogP contribution is -2.43. The summed E-state index contributed by atoms with van der Waals surface area (Å²) < 4.78 is 28.2. The highest BCUT2D eigenvalue weighted by molar-refractivity contribution is 6.31. The van der Waals surface area contributed by atoms with E-state index >= 15 is 0 Å². The van der Waals surface area contributed by atoms with Gasteiger partial charge >= 0.3 is 11.9 Å². The average Bonchev–Trinajstić information content (AvgIpc) is 3.41. The van der Waals surface area contributed by atoms with Gasteiger partial charge in [-0.1, -0.05) is 43.1 Å². The third-order valence-corrected chi connectivity index (χ3v) is 8.95. The molecule has 0 spiro atoms. The highest BCUT2D eigenvalue weighted by atomic mass is 35.5. The van der Waals surface area contributed by atoms with Gasteiger partial charge < -0.3 is 23.7 Å². The van der Waals surface area contributed by atoms with Crippen LogP contribution in [0, 0.1) is 12.3 Å². The highest BCUT2D eigenvalue weighted by Crippen LogP contribution is 2.40. The number of aryl methyl sites for hydroxylation is 1. The summed E-state index contributed by atoms with van der Waals surface area (Å²) in [5.74, 6) is 0.765. The van der Waals surface area contributed by atoms with Gasteiger partial charge in [0.25, 0.3) is 0 Å². The van der Waals surface area contributed by atoms with Crippen molar-refractivity contribution in [1.29, 1.82) is 0 Å². The molecule has 0 aromatic heterocycles. The van der Waals surface area contributed by atoms with E-state index in [1.54, 1.807) is 54.6 Å². The quantitative estimate of drug-likeness (QED) is 0.0673. The smallest absolute Gasteiger partial charge is 0.343 e. The van der Waals surface area contributed by atoms with Gasteiger partial charge in [-0.15, -0.1) is 0 Å². The summed E-state index contributed by atoms with van der Waals surface area (Å²) in [6, 6.07) is 23.4. The van der Waals surface area contributed by atoms with Gasteiger partial charge in [0.15, 0.2) is 0 Å². The van der Waals surface area contributed by atoms with Crippen molar-refractivity contribution in [3.05, 3.63) is 112 Å². The van der Waals surface area contributed by atoms with Gasteiger partial charge in [-0.3, -0.25) is 0 Å². The highest BCUT2D eigenvalue weighted by Gasteiger charge is 2.33. The zero-order valence-corrected chi connectivity index (χ0v) is 27.6. The van der Waals surface area contributed by atoms with Crippen molar-refractivity contribution in [2.24, 2.45) is 5.41 Å². The number of rotatable bonds is 14. The third-order valence-electron chi connectivity index (χ3n) is 8.55. The zero-order valence-electron chi connectivity index (χ0n) is 26.8. The maximum Gasteiger partial charge on any atom is 0.343 e. The topological polar surface area (TPSA) is 80.3 Å². The molecule has 1 aliphatic heterocycles. The van der Waals surface area contributed by atoms with Gasteiger partial charge in [-0.2, -0.15) is 0 Å². The molecule has 1 heterocycles. The number of fused-ring (bicyclic) bond motifs is 3. The maximum atomic E-state index is 12.9. The minimum Gasteiger partial charge on any atom is -0.494 e. The number of benzene rings is 4. The summed E-state index contributed by atoms with van der Waals surface area (Å²) in [4.78, 5) is 25.6. The van der Waals surface area contributed by atoms with Crippen molar-refractivity contribution in [2.75, 3.05) is 33.0 Å². The summed E-state index contributed by atoms with van der Waals surface area (Å²) in [7, 11) is 0. The van der Waals surface area contributed by atoms with Gasteiger partial charge in [0.05, 0.1) is 37.6 Å². The Morgan fingerprint density at radius 1 is 0.723 bits per heavy atom. The van der Waals surface area contributed by atoms with Crippen LogP contribution in [0.2, 0.25) is 5.02 Å². The van der Waals surface area contributed by atoms with E-state index in [0.29, 0.717) is 40.7 Å². The first kappa shape index (κ1) is 32.8. The second-order valence-corrected chi connectivity index (χ2v) is 13.1. The Bertz CT molecular complexity index is 1740. The first-order chi connectivity index (χ1) is 22.8. The van der Waals surface area contributed by atoms with Gasteiger partial charge in [0.2, 0.25) is 0 Å². The van der Waals surface area contributed by atoms with Crippen LogP contribution in [0.1, 0.15) is 70.0 Å². The molecular formula is C39H39ClO7. The molecule has 0 atom stereocenters. The van der Waals surface area contributed by atoms with E-state index < -0.39 is 11.9 Å². The Labute approximate surface area is 280 Å². The third kappa shape index (κ3) is 8.22. The zero-order chi connectivity index (χ0) is 32.8. The Morgan fingerprint density at radius 2 is 1.30 bits per heavy atom. The SMILES string of the molecule is Cc1ccc(C(=O)Oc2ccc3c(c2)Cc2cc(OC(=O)c4ccc(OCCCCCCOCC5(C)COC5)cc4)ccc2-3)cc1Cl. The summed E-state index contributed by atoms with van der Waals surface area (Å²) in [6.07, 6.45) is 4.84. The number of carbonyl (C=O) groups excluding carboxylic acids is 2. The summed E-state index contributed by atoms with van der Waals surface area (Å²) in [5.41, 5.74) is 6.14. The minimum absolute atomic E-state index is 0.210. The fourth-order valence-corrected chi connectivity index (χ4v) is 5.91. The molecule has 8 heteroatoms. The number of ether oxygens (including phenoxy) is 5. The lowest BCUT2D eigenvalue weighted by Gasteiger charge is -2.37. The molecule has 0 unspecified atom stereocenters. The Kier molecular flexibility index (Phi) is 10.3. The Balaban J connectivity index is 0.940. The molecule has 0 bridgehead atoms. The number of halogens is 1. The first-order valence-corrected chi connectivity index (χ1v) is 16.5. The molecule has 1 fully saturated rings. The van der Waals surface area contributed by atoms with Crippen LogP contribution >= 0.6 is 11.6 Å². The van der Waals surface area contributed by atoms with E-state index in [1.807, 2.05) is 31.2 Å². The molecule has 0 radical (unpaired) electrons. The predicted molar refractivity (Wildman–Crippen MR) is 181 cm³/mol. The van der Waals surface area contributed by atoms with E-state index in [0.717, 1.165) is 85.7 Å². The molecule has 0 amide bonds. The number of hydrogen-bond acceptors (Lipinski definition) is 7. The van der Waals surface area contributed by atoms with E-state index in [9.17, 15) is 9.59 Å². The molecule has 4 aromatic rings. The van der Waals surface area contributed by atoms with Crippen molar-refractivity contribution in [3.8, 4) is 28.4 Å². The lowest BCUT2D eigenvalue weighted by molar-refractivity contribution is -0.137. The van der Waals surface area contributed by atoms with Gasteiger partial charge in [-0.25, -0.2) is 9.59 Å². The fourth-order valence-electron chi connectivity index (χ4n) is 5.73. The predicted octanol–water partition coefficient (Wildman–Crippen LogP) is 8.65. The summed E-state index contributed by atoms with van der Waals surface area (Å²) >= 11 is 6.18. The fraction of sp³-hybridized carbons (Fsp3) is 0.333. The number of unbranched alkanes of at least 4 members (excludes halogenated alkanes) is 3. The second-order valence-electron chi connectivity index (χ2n) is 12.7. The average molecular weight is 655 g/mol. The van der Waals surface area contributed by atoms with Crippen LogP contribution in [0.3, 0.4) is 0 Å². The van der Waals surface area contributed by atoms with Crippen LogP contribution < -0.4 is 14.2 Å². The van der Waals surface area contributed by atoms with E-state index in [-0.39, 0.29) is 5.41 Å². The van der Waals surface area contributed by atoms with Crippen LogP contribution in [0.15, 0.2) is 78.9 Å². The molecule has 244 valence electrons. The van der Waals surface area contributed by atoms with Gasteiger partial charge in [-0.05, 0) is 121 Å². The van der Waals surface area contributed by atoms with E-state index in [4.69, 9.17) is 35.3 Å². The second kappa shape index (κ2) is 14.7. The van der Waals surface area contributed by atoms with Crippen LogP contribution in [-0.2, 0) is 15.9 Å². The summed E-state index contributed by atoms with van der Waals surface area (Å²) in [5, 5.41) is 0.520. The van der Waals surface area contributed by atoms with Crippen LogP contribution in [0.25, 0.3) is 11.1 Å². The number of hydrogen-bond donors (Lipinski definition) is 0. The summed E-state index contributed by atoms with van der Waals surface area (Å²) in [6.45, 7) is 7.87. The first-order valence-electron chi connectivity index (χ1n) is 16.1. The van der Waals surface area contributed by atoms with Crippen molar-refractivity contribution in [2.45, 2.75) is 46.0 Å². The molecule has 1 aliphatic carbocycles. The minimum atomic E-state index is -0.464. The molecule has 0 N–H and O–H groups in total. The molecular weight excluding hydrogens is 616 g/mol. The maximum absolute atomic E-state index is 12.9. The molecule has 2 aliphatic rings. The molecule has 1 saturated heterocycles. The molecule has 47 heavy (non-hydrogen) atoms.